The molecule has 8 nitrogen and oxygen atoms in total. The molecular weight excluding hydrogens is 298 g/mol. The van der Waals surface area contributed by atoms with E-state index in [2.05, 4.69) is 20.3 Å². The van der Waals surface area contributed by atoms with Gasteiger partial charge >= 0.3 is 5.97 Å². The van der Waals surface area contributed by atoms with E-state index >= 15 is 0 Å². The molecule has 1 saturated heterocycles. The highest BCUT2D eigenvalue weighted by Crippen LogP contribution is 2.44. The SMILES string of the molecule is Cc1[nH]nc(C2CC2)c1-c1nc([C@@H]2CCOC2)nn1CC(=O)O. The highest BCUT2D eigenvalue weighted by Gasteiger charge is 2.33. The zero-order valence-electron chi connectivity index (χ0n) is 12.9. The molecule has 1 aliphatic heterocycles. The number of H-pyrrole nitrogens is 1. The molecule has 2 aromatic heterocycles. The monoisotopic (exact) mass is 317 g/mol. The Hall–Kier alpha value is -2.22. The van der Waals surface area contributed by atoms with Crippen LogP contribution in [0, 0.1) is 6.92 Å². The van der Waals surface area contributed by atoms with E-state index in [0.717, 1.165) is 36.2 Å². The van der Waals surface area contributed by atoms with Crippen LogP contribution in [0.4, 0.5) is 0 Å². The van der Waals surface area contributed by atoms with Gasteiger partial charge in [0.25, 0.3) is 0 Å². The number of carboxylic acids is 1. The Labute approximate surface area is 132 Å². The number of carboxylic acid groups (broad SMARTS) is 1. The fourth-order valence-corrected chi connectivity index (χ4v) is 3.08. The maximum atomic E-state index is 11.2. The number of aromatic nitrogens is 5. The maximum Gasteiger partial charge on any atom is 0.325 e. The highest BCUT2D eigenvalue weighted by molar-refractivity contribution is 5.69. The summed E-state index contributed by atoms with van der Waals surface area (Å²) < 4.78 is 6.89. The van der Waals surface area contributed by atoms with E-state index in [1.807, 2.05) is 6.92 Å². The lowest BCUT2D eigenvalue weighted by atomic mass is 10.1. The van der Waals surface area contributed by atoms with Gasteiger partial charge in [-0.2, -0.15) is 10.2 Å². The number of hydrogen-bond acceptors (Lipinski definition) is 5. The fraction of sp³-hybridized carbons (Fsp3) is 0.600. The minimum absolute atomic E-state index is 0.139. The van der Waals surface area contributed by atoms with E-state index in [4.69, 9.17) is 4.74 Å². The van der Waals surface area contributed by atoms with Crippen molar-refractivity contribution in [1.82, 2.24) is 25.0 Å². The van der Waals surface area contributed by atoms with Crippen molar-refractivity contribution in [3.63, 3.8) is 0 Å². The average molecular weight is 317 g/mol. The van der Waals surface area contributed by atoms with Gasteiger partial charge in [-0.15, -0.1) is 0 Å². The van der Waals surface area contributed by atoms with E-state index in [1.54, 1.807) is 0 Å². The molecule has 3 heterocycles. The molecule has 0 aromatic carbocycles. The lowest BCUT2D eigenvalue weighted by molar-refractivity contribution is -0.137. The number of ether oxygens (including phenoxy) is 1. The molecule has 0 unspecified atom stereocenters. The molecule has 2 N–H and O–H groups in total. The lowest BCUT2D eigenvalue weighted by Gasteiger charge is -2.04. The molecule has 0 bridgehead atoms. The number of hydrogen-bond donors (Lipinski definition) is 2. The first-order valence-corrected chi connectivity index (χ1v) is 7.93. The predicted octanol–water partition coefficient (Wildman–Crippen LogP) is 1.44. The van der Waals surface area contributed by atoms with Crippen molar-refractivity contribution in [2.75, 3.05) is 13.2 Å². The lowest BCUT2D eigenvalue weighted by Crippen LogP contribution is -2.12. The van der Waals surface area contributed by atoms with Crippen molar-refractivity contribution in [3.8, 4) is 11.4 Å². The topological polar surface area (TPSA) is 106 Å². The number of aryl methyl sites for hydroxylation is 1. The molecule has 2 fully saturated rings. The van der Waals surface area contributed by atoms with Crippen LogP contribution in [0.2, 0.25) is 0 Å². The van der Waals surface area contributed by atoms with Gasteiger partial charge in [0.15, 0.2) is 11.6 Å². The van der Waals surface area contributed by atoms with Crippen molar-refractivity contribution < 1.29 is 14.6 Å². The number of aliphatic carboxylic acids is 1. The van der Waals surface area contributed by atoms with Crippen LogP contribution in [0.15, 0.2) is 0 Å². The molecule has 23 heavy (non-hydrogen) atoms. The summed E-state index contributed by atoms with van der Waals surface area (Å²) in [5.41, 5.74) is 2.79. The summed E-state index contributed by atoms with van der Waals surface area (Å²) in [5.74, 6) is 0.923. The van der Waals surface area contributed by atoms with Crippen molar-refractivity contribution >= 4 is 5.97 Å². The van der Waals surface area contributed by atoms with Crippen molar-refractivity contribution in [1.29, 1.82) is 0 Å². The predicted molar refractivity (Wildman–Crippen MR) is 80.1 cm³/mol. The van der Waals surface area contributed by atoms with Gasteiger partial charge < -0.3 is 9.84 Å². The second-order valence-corrected chi connectivity index (χ2v) is 6.29. The van der Waals surface area contributed by atoms with E-state index in [1.165, 1.54) is 4.68 Å². The molecule has 4 rings (SSSR count). The third-order valence-corrected chi connectivity index (χ3v) is 4.43. The van der Waals surface area contributed by atoms with Gasteiger partial charge in [-0.1, -0.05) is 0 Å². The van der Waals surface area contributed by atoms with Gasteiger partial charge in [0.1, 0.15) is 6.54 Å². The molecule has 0 spiro atoms. The third kappa shape index (κ3) is 2.63. The largest absolute Gasteiger partial charge is 0.480 e. The first-order chi connectivity index (χ1) is 11.1. The van der Waals surface area contributed by atoms with Crippen LogP contribution >= 0.6 is 0 Å². The Morgan fingerprint density at radius 1 is 1.39 bits per heavy atom. The van der Waals surface area contributed by atoms with Crippen LogP contribution in [0.5, 0.6) is 0 Å². The molecule has 1 aliphatic carbocycles. The minimum atomic E-state index is -0.931. The summed E-state index contributed by atoms with van der Waals surface area (Å²) in [6, 6.07) is 0. The highest BCUT2D eigenvalue weighted by atomic mass is 16.5. The van der Waals surface area contributed by atoms with Gasteiger partial charge in [-0.25, -0.2) is 9.67 Å². The van der Waals surface area contributed by atoms with E-state index in [-0.39, 0.29) is 12.5 Å². The van der Waals surface area contributed by atoms with Gasteiger partial charge in [-0.3, -0.25) is 9.89 Å². The molecular formula is C15H19N5O3. The third-order valence-electron chi connectivity index (χ3n) is 4.43. The molecule has 2 aromatic rings. The minimum Gasteiger partial charge on any atom is -0.480 e. The van der Waals surface area contributed by atoms with Gasteiger partial charge in [-0.05, 0) is 26.2 Å². The van der Waals surface area contributed by atoms with Crippen LogP contribution in [-0.2, 0) is 16.1 Å². The zero-order valence-corrected chi connectivity index (χ0v) is 12.9. The Balaban J connectivity index is 1.79. The average Bonchev–Trinajstić information content (AvgIpc) is 2.92. The standard InChI is InChI=1S/C15H19N5O3/c1-8-12(13(18-17-8)9-2-3-9)15-16-14(10-4-5-23-7-10)19-20(15)6-11(21)22/h9-10H,2-7H2,1H3,(H,17,18)(H,21,22)/t10-/m1/s1. The summed E-state index contributed by atoms with van der Waals surface area (Å²) in [5, 5.41) is 21.1. The van der Waals surface area contributed by atoms with E-state index in [0.29, 0.717) is 30.8 Å². The maximum absolute atomic E-state index is 11.2. The van der Waals surface area contributed by atoms with Crippen molar-refractivity contribution in [2.45, 2.75) is 44.6 Å². The van der Waals surface area contributed by atoms with Crippen LogP contribution in [-0.4, -0.2) is 49.3 Å². The van der Waals surface area contributed by atoms with Gasteiger partial charge in [0, 0.05) is 24.1 Å². The summed E-state index contributed by atoms with van der Waals surface area (Å²) >= 11 is 0. The molecule has 2 aliphatic rings. The Kier molecular flexibility index (Phi) is 3.41. The first kappa shape index (κ1) is 14.4. The van der Waals surface area contributed by atoms with E-state index in [9.17, 15) is 9.90 Å². The Bertz CT molecular complexity index is 740. The number of nitrogens with zero attached hydrogens (tertiary/aromatic N) is 4. The number of carbonyl (C=O) groups is 1. The van der Waals surface area contributed by atoms with Crippen LogP contribution in [0.1, 0.15) is 48.3 Å². The first-order valence-electron chi connectivity index (χ1n) is 7.93. The summed E-state index contributed by atoms with van der Waals surface area (Å²) in [6.07, 6.45) is 3.11. The summed E-state index contributed by atoms with van der Waals surface area (Å²) in [6.45, 7) is 3.03. The Morgan fingerprint density at radius 2 is 2.22 bits per heavy atom. The molecule has 1 saturated carbocycles. The second kappa shape index (κ2) is 5.45. The van der Waals surface area contributed by atoms with Crippen LogP contribution < -0.4 is 0 Å². The molecule has 8 heteroatoms. The van der Waals surface area contributed by atoms with Crippen LogP contribution in [0.3, 0.4) is 0 Å². The van der Waals surface area contributed by atoms with Gasteiger partial charge in [0.05, 0.1) is 17.9 Å². The fourth-order valence-electron chi connectivity index (χ4n) is 3.08. The quantitative estimate of drug-likeness (QED) is 0.864. The van der Waals surface area contributed by atoms with E-state index < -0.39 is 5.97 Å². The zero-order chi connectivity index (χ0) is 16.0. The Morgan fingerprint density at radius 3 is 2.87 bits per heavy atom. The normalized spacial score (nSPS) is 21.0. The molecule has 0 amide bonds. The number of rotatable bonds is 5. The smallest absolute Gasteiger partial charge is 0.325 e. The molecule has 1 atom stereocenters. The molecule has 122 valence electrons. The number of nitrogens with one attached hydrogen (secondary N) is 1. The van der Waals surface area contributed by atoms with Gasteiger partial charge in [0.2, 0.25) is 0 Å². The van der Waals surface area contributed by atoms with Crippen LogP contribution in [0.25, 0.3) is 11.4 Å². The number of aromatic amines is 1. The molecule has 0 radical (unpaired) electrons. The van der Waals surface area contributed by atoms with Crippen molar-refractivity contribution in [3.05, 3.63) is 17.2 Å². The van der Waals surface area contributed by atoms with Crippen molar-refractivity contribution in [2.24, 2.45) is 0 Å². The second-order valence-electron chi connectivity index (χ2n) is 6.29. The summed E-state index contributed by atoms with van der Waals surface area (Å²) in [4.78, 5) is 15.9. The summed E-state index contributed by atoms with van der Waals surface area (Å²) in [7, 11) is 0.